The zero-order chi connectivity index (χ0) is 35.4. The topological polar surface area (TPSA) is 145 Å². The molecule has 1 heterocycles. The molecule has 262 valence electrons. The summed E-state index contributed by atoms with van der Waals surface area (Å²) in [6, 6.07) is 23.0. The Morgan fingerprint density at radius 2 is 1.35 bits per heavy atom. The molecule has 1 aliphatic heterocycles. The highest BCUT2D eigenvalue weighted by Crippen LogP contribution is 2.29. The maximum atomic E-state index is 14.0. The summed E-state index contributed by atoms with van der Waals surface area (Å²) in [5.41, 5.74) is 0.863. The van der Waals surface area contributed by atoms with Crippen molar-refractivity contribution in [2.75, 3.05) is 20.3 Å². The fourth-order valence-corrected chi connectivity index (χ4v) is 5.10. The molecular formula is C38H47N3O8. The van der Waals surface area contributed by atoms with Crippen molar-refractivity contribution in [2.24, 2.45) is 0 Å². The predicted molar refractivity (Wildman–Crippen MR) is 184 cm³/mol. The minimum atomic E-state index is -1.20. The first-order valence-electron chi connectivity index (χ1n) is 16.4. The summed E-state index contributed by atoms with van der Waals surface area (Å²) in [4.78, 5) is 54.2. The number of nitrogens with one attached hydrogen (secondary N) is 3. The molecule has 4 rings (SSSR count). The monoisotopic (exact) mass is 673 g/mol. The van der Waals surface area contributed by atoms with Gasteiger partial charge in [0.1, 0.15) is 29.0 Å². The van der Waals surface area contributed by atoms with Crippen LogP contribution in [0.1, 0.15) is 50.8 Å². The Morgan fingerprint density at radius 1 is 0.776 bits per heavy atom. The molecule has 3 N–H and O–H groups in total. The number of ether oxygens (including phenoxy) is 4. The van der Waals surface area contributed by atoms with E-state index in [1.807, 2.05) is 60.7 Å². The fraction of sp³-hybridized carbons (Fsp3) is 0.421. The van der Waals surface area contributed by atoms with E-state index in [0.717, 1.165) is 16.7 Å². The molecule has 0 saturated carbocycles. The highest BCUT2D eigenvalue weighted by atomic mass is 16.6. The summed E-state index contributed by atoms with van der Waals surface area (Å²) >= 11 is 0. The van der Waals surface area contributed by atoms with Crippen LogP contribution in [0.2, 0.25) is 0 Å². The van der Waals surface area contributed by atoms with Crippen LogP contribution in [0.3, 0.4) is 0 Å². The van der Waals surface area contributed by atoms with Crippen molar-refractivity contribution in [3.05, 3.63) is 102 Å². The first-order chi connectivity index (χ1) is 23.3. The number of ketones is 1. The van der Waals surface area contributed by atoms with E-state index >= 15 is 0 Å². The first-order valence-corrected chi connectivity index (χ1v) is 16.4. The standard InChI is InChI=1S/C38H47N3O8/c1-37(2,3)49-36(45)41-32(24-47-23-28-14-10-7-11-15-28)35(44)40-31(22-27-16-19-29(46-5)20-17-27)34(43)39-30(33(42)38(4)25-48-38)21-18-26-12-8-6-9-13-26/h6-17,19-20,30-32H,18,21-25H2,1-5H3,(H,39,43)(H,40,44)(H,41,45)/t30-,31-,32-,38+/m0/s1. The van der Waals surface area contributed by atoms with E-state index in [4.69, 9.17) is 18.9 Å². The van der Waals surface area contributed by atoms with E-state index < -0.39 is 47.2 Å². The van der Waals surface area contributed by atoms with Gasteiger partial charge in [0.05, 0.1) is 33.0 Å². The van der Waals surface area contributed by atoms with Crippen molar-refractivity contribution in [1.29, 1.82) is 0 Å². The minimum Gasteiger partial charge on any atom is -0.497 e. The van der Waals surface area contributed by atoms with Crippen LogP contribution in [0.5, 0.6) is 5.75 Å². The van der Waals surface area contributed by atoms with Gasteiger partial charge < -0.3 is 34.9 Å². The van der Waals surface area contributed by atoms with Gasteiger partial charge in [-0.25, -0.2) is 4.79 Å². The SMILES string of the molecule is COc1ccc(C[C@H](NC(=O)[C@H](COCc2ccccc2)NC(=O)OC(C)(C)C)C(=O)N[C@@H](CCc2ccccc2)C(=O)[C@@]2(C)CO2)cc1. The van der Waals surface area contributed by atoms with Gasteiger partial charge in [0.15, 0.2) is 5.78 Å². The first kappa shape index (κ1) is 37.1. The Morgan fingerprint density at radius 3 is 1.92 bits per heavy atom. The number of hydrogen-bond donors (Lipinski definition) is 3. The quantitative estimate of drug-likeness (QED) is 0.180. The van der Waals surface area contributed by atoms with Crippen molar-refractivity contribution < 1.29 is 38.1 Å². The number of alkyl carbamates (subject to hydrolysis) is 1. The summed E-state index contributed by atoms with van der Waals surface area (Å²) in [5.74, 6) is -0.807. The lowest BCUT2D eigenvalue weighted by atomic mass is 9.94. The summed E-state index contributed by atoms with van der Waals surface area (Å²) in [6.07, 6.45) is 0.173. The molecule has 49 heavy (non-hydrogen) atoms. The number of Topliss-reactive ketones (excluding diaryl/α,β-unsaturated/α-hetero) is 1. The lowest BCUT2D eigenvalue weighted by Crippen LogP contribution is -2.58. The second-order valence-electron chi connectivity index (χ2n) is 13.3. The Balaban J connectivity index is 1.54. The van der Waals surface area contributed by atoms with Gasteiger partial charge in [-0.15, -0.1) is 0 Å². The van der Waals surface area contributed by atoms with Crippen molar-refractivity contribution in [2.45, 2.75) is 82.9 Å². The van der Waals surface area contributed by atoms with E-state index in [2.05, 4.69) is 16.0 Å². The second kappa shape index (κ2) is 17.1. The molecular weight excluding hydrogens is 626 g/mol. The maximum Gasteiger partial charge on any atom is 0.408 e. The van der Waals surface area contributed by atoms with Gasteiger partial charge >= 0.3 is 6.09 Å². The number of carbonyl (C=O) groups excluding carboxylic acids is 4. The van der Waals surface area contributed by atoms with Crippen LogP contribution in [0, 0.1) is 0 Å². The molecule has 0 bridgehead atoms. The van der Waals surface area contributed by atoms with E-state index in [0.29, 0.717) is 18.6 Å². The van der Waals surface area contributed by atoms with Gasteiger partial charge in [-0.05, 0) is 69.4 Å². The molecule has 3 amide bonds. The summed E-state index contributed by atoms with van der Waals surface area (Å²) < 4.78 is 22.0. The van der Waals surface area contributed by atoms with Crippen LogP contribution in [-0.2, 0) is 48.0 Å². The van der Waals surface area contributed by atoms with Gasteiger partial charge in [0, 0.05) is 6.42 Å². The molecule has 0 aromatic heterocycles. The Bertz CT molecular complexity index is 1540. The number of methoxy groups -OCH3 is 1. The maximum absolute atomic E-state index is 14.0. The molecule has 0 radical (unpaired) electrons. The zero-order valence-electron chi connectivity index (χ0n) is 28.8. The van der Waals surface area contributed by atoms with E-state index in [1.165, 1.54) is 0 Å². The van der Waals surface area contributed by atoms with Crippen LogP contribution in [0.4, 0.5) is 4.79 Å². The summed E-state index contributed by atoms with van der Waals surface area (Å²) in [7, 11) is 1.56. The predicted octanol–water partition coefficient (Wildman–Crippen LogP) is 4.31. The van der Waals surface area contributed by atoms with Crippen LogP contribution in [-0.4, -0.2) is 73.3 Å². The van der Waals surface area contributed by atoms with Crippen LogP contribution < -0.4 is 20.7 Å². The van der Waals surface area contributed by atoms with Crippen LogP contribution >= 0.6 is 0 Å². The Hall–Kier alpha value is -4.74. The smallest absolute Gasteiger partial charge is 0.408 e. The van der Waals surface area contributed by atoms with Crippen molar-refractivity contribution >= 4 is 23.7 Å². The van der Waals surface area contributed by atoms with E-state index in [1.54, 1.807) is 59.1 Å². The van der Waals surface area contributed by atoms with Gasteiger partial charge in [0.25, 0.3) is 0 Å². The molecule has 1 aliphatic rings. The Kier molecular flexibility index (Phi) is 12.9. The van der Waals surface area contributed by atoms with E-state index in [-0.39, 0.29) is 32.0 Å². The van der Waals surface area contributed by atoms with Crippen molar-refractivity contribution in [3.63, 3.8) is 0 Å². The molecule has 0 spiro atoms. The third-order valence-electron chi connectivity index (χ3n) is 7.93. The highest BCUT2D eigenvalue weighted by molar-refractivity contribution is 5.98. The molecule has 3 aromatic carbocycles. The van der Waals surface area contributed by atoms with Gasteiger partial charge in [0.2, 0.25) is 11.8 Å². The zero-order valence-corrected chi connectivity index (χ0v) is 28.8. The number of benzene rings is 3. The largest absolute Gasteiger partial charge is 0.497 e. The number of rotatable bonds is 17. The van der Waals surface area contributed by atoms with Gasteiger partial charge in [-0.3, -0.25) is 14.4 Å². The lowest BCUT2D eigenvalue weighted by molar-refractivity contribution is -0.133. The molecule has 4 atom stereocenters. The summed E-state index contributed by atoms with van der Waals surface area (Å²) in [6.45, 7) is 7.13. The fourth-order valence-electron chi connectivity index (χ4n) is 5.10. The van der Waals surface area contributed by atoms with E-state index in [9.17, 15) is 19.2 Å². The van der Waals surface area contributed by atoms with Gasteiger partial charge in [-0.2, -0.15) is 0 Å². The second-order valence-corrected chi connectivity index (χ2v) is 13.3. The molecule has 0 unspecified atom stereocenters. The number of aryl methyl sites for hydroxylation is 1. The third kappa shape index (κ3) is 12.0. The molecule has 3 aromatic rings. The normalized spacial score (nSPS) is 17.2. The molecule has 11 nitrogen and oxygen atoms in total. The van der Waals surface area contributed by atoms with Crippen LogP contribution in [0.25, 0.3) is 0 Å². The average Bonchev–Trinajstić information content (AvgIpc) is 3.84. The lowest BCUT2D eigenvalue weighted by Gasteiger charge is -2.27. The molecule has 11 heteroatoms. The van der Waals surface area contributed by atoms with Gasteiger partial charge in [-0.1, -0.05) is 72.8 Å². The average molecular weight is 674 g/mol. The number of epoxide rings is 1. The van der Waals surface area contributed by atoms with Crippen molar-refractivity contribution in [1.82, 2.24) is 16.0 Å². The third-order valence-corrected chi connectivity index (χ3v) is 7.93. The highest BCUT2D eigenvalue weighted by Gasteiger charge is 2.50. The number of amides is 3. The molecule has 0 aliphatic carbocycles. The van der Waals surface area contributed by atoms with Crippen LogP contribution in [0.15, 0.2) is 84.9 Å². The van der Waals surface area contributed by atoms with Crippen molar-refractivity contribution in [3.8, 4) is 5.75 Å². The number of carbonyl (C=O) groups is 4. The number of hydrogen-bond acceptors (Lipinski definition) is 8. The molecule has 1 fully saturated rings. The minimum absolute atomic E-state index is 0.0962. The molecule has 1 saturated heterocycles. The Labute approximate surface area is 288 Å². The summed E-state index contributed by atoms with van der Waals surface area (Å²) in [5, 5.41) is 8.31.